The molecule has 0 radical (unpaired) electrons. The van der Waals surface area contributed by atoms with Crippen LogP contribution in [0.25, 0.3) is 0 Å². The molecule has 0 aliphatic carbocycles. The molecule has 0 saturated heterocycles. The molecule has 0 aliphatic heterocycles. The molecular formula is C15H23NO3S. The number of carbonyl (C=O) groups is 2. The van der Waals surface area contributed by atoms with Gasteiger partial charge in [0.1, 0.15) is 11.6 Å². The lowest BCUT2D eigenvalue weighted by atomic mass is 10.0. The number of amides is 1. The first-order valence-electron chi connectivity index (χ1n) is 6.68. The van der Waals surface area contributed by atoms with Gasteiger partial charge in [-0.05, 0) is 44.6 Å². The van der Waals surface area contributed by atoms with E-state index in [4.69, 9.17) is 4.74 Å². The van der Waals surface area contributed by atoms with E-state index in [1.165, 1.54) is 11.3 Å². The number of ether oxygens (including phenoxy) is 1. The van der Waals surface area contributed by atoms with E-state index >= 15 is 0 Å². The standard InChI is InChI=1S/C15H23NO3S/c1-9(2)12(14(18)19-15(4,5)6)16-13(17)11-8-20-7-10(11)3/h7-9,12H,1-6H3,(H,16,17)/t12-/m1/s1. The maximum atomic E-state index is 12.2. The lowest BCUT2D eigenvalue weighted by molar-refractivity contribution is -0.158. The van der Waals surface area contributed by atoms with Crippen molar-refractivity contribution in [3.05, 3.63) is 21.9 Å². The highest BCUT2D eigenvalue weighted by Gasteiger charge is 2.29. The second-order valence-electron chi connectivity index (χ2n) is 6.20. The Morgan fingerprint density at radius 1 is 1.25 bits per heavy atom. The summed E-state index contributed by atoms with van der Waals surface area (Å²) in [5.41, 5.74) is 0.969. The molecule has 0 saturated carbocycles. The lowest BCUT2D eigenvalue weighted by Crippen LogP contribution is -2.47. The first kappa shape index (κ1) is 16.7. The van der Waals surface area contributed by atoms with Gasteiger partial charge in [-0.3, -0.25) is 4.79 Å². The number of hydrogen-bond donors (Lipinski definition) is 1. The molecule has 0 spiro atoms. The zero-order chi connectivity index (χ0) is 15.5. The van der Waals surface area contributed by atoms with Gasteiger partial charge in [0.25, 0.3) is 5.91 Å². The van der Waals surface area contributed by atoms with Crippen LogP contribution < -0.4 is 5.32 Å². The van der Waals surface area contributed by atoms with E-state index in [1.54, 1.807) is 5.38 Å². The molecule has 4 nitrogen and oxygen atoms in total. The Labute approximate surface area is 124 Å². The van der Waals surface area contributed by atoms with Gasteiger partial charge in [0.05, 0.1) is 5.56 Å². The normalized spacial score (nSPS) is 13.2. The van der Waals surface area contributed by atoms with Crippen LogP contribution in [0.15, 0.2) is 10.8 Å². The van der Waals surface area contributed by atoms with Crippen molar-refractivity contribution in [2.45, 2.75) is 53.2 Å². The summed E-state index contributed by atoms with van der Waals surface area (Å²) >= 11 is 1.47. The summed E-state index contributed by atoms with van der Waals surface area (Å²) in [6, 6.07) is -0.638. The van der Waals surface area contributed by atoms with Crippen molar-refractivity contribution < 1.29 is 14.3 Å². The zero-order valence-electron chi connectivity index (χ0n) is 12.9. The summed E-state index contributed by atoms with van der Waals surface area (Å²) in [4.78, 5) is 24.4. The van der Waals surface area contributed by atoms with Crippen LogP contribution in [-0.4, -0.2) is 23.5 Å². The van der Waals surface area contributed by atoms with E-state index in [-0.39, 0.29) is 11.8 Å². The third kappa shape index (κ3) is 4.63. The summed E-state index contributed by atoms with van der Waals surface area (Å²) < 4.78 is 5.36. The molecule has 1 amide bonds. The van der Waals surface area contributed by atoms with Crippen molar-refractivity contribution >= 4 is 23.2 Å². The molecule has 1 N–H and O–H groups in total. The van der Waals surface area contributed by atoms with Crippen LogP contribution in [0.1, 0.15) is 50.5 Å². The molecule has 0 unspecified atom stereocenters. The van der Waals surface area contributed by atoms with Gasteiger partial charge in [-0.25, -0.2) is 4.79 Å². The maximum Gasteiger partial charge on any atom is 0.329 e. The van der Waals surface area contributed by atoms with Crippen LogP contribution >= 0.6 is 11.3 Å². The van der Waals surface area contributed by atoms with Crippen molar-refractivity contribution in [3.8, 4) is 0 Å². The topological polar surface area (TPSA) is 55.4 Å². The van der Waals surface area contributed by atoms with Crippen LogP contribution in [0.4, 0.5) is 0 Å². The smallest absolute Gasteiger partial charge is 0.329 e. The molecular weight excluding hydrogens is 274 g/mol. The molecule has 0 fully saturated rings. The molecule has 112 valence electrons. The van der Waals surface area contributed by atoms with Crippen LogP contribution in [0, 0.1) is 12.8 Å². The highest BCUT2D eigenvalue weighted by Crippen LogP contribution is 2.16. The predicted molar refractivity (Wildman–Crippen MR) is 81.0 cm³/mol. The lowest BCUT2D eigenvalue weighted by Gasteiger charge is -2.26. The fourth-order valence-electron chi connectivity index (χ4n) is 1.68. The van der Waals surface area contributed by atoms with Gasteiger partial charge in [-0.15, -0.1) is 0 Å². The van der Waals surface area contributed by atoms with E-state index in [0.29, 0.717) is 5.56 Å². The van der Waals surface area contributed by atoms with Gasteiger partial charge in [0.15, 0.2) is 0 Å². The second-order valence-corrected chi connectivity index (χ2v) is 6.94. The molecule has 0 bridgehead atoms. The summed E-state index contributed by atoms with van der Waals surface area (Å²) in [6.07, 6.45) is 0. The number of hydrogen-bond acceptors (Lipinski definition) is 4. The summed E-state index contributed by atoms with van der Waals surface area (Å²) in [5.74, 6) is -0.658. The number of aryl methyl sites for hydroxylation is 1. The van der Waals surface area contributed by atoms with Crippen LogP contribution in [-0.2, 0) is 9.53 Å². The largest absolute Gasteiger partial charge is 0.458 e. The molecule has 1 aromatic rings. The second kappa shape index (κ2) is 6.39. The van der Waals surface area contributed by atoms with Gasteiger partial charge in [0, 0.05) is 5.38 Å². The van der Waals surface area contributed by atoms with E-state index in [1.807, 2.05) is 46.9 Å². The number of nitrogens with one attached hydrogen (secondary N) is 1. The van der Waals surface area contributed by atoms with Crippen LogP contribution in [0.5, 0.6) is 0 Å². The van der Waals surface area contributed by atoms with Gasteiger partial charge in [0.2, 0.25) is 0 Å². The molecule has 1 heterocycles. The highest BCUT2D eigenvalue weighted by molar-refractivity contribution is 7.08. The van der Waals surface area contributed by atoms with Gasteiger partial charge >= 0.3 is 5.97 Å². The zero-order valence-corrected chi connectivity index (χ0v) is 13.8. The molecule has 1 rings (SSSR count). The fraction of sp³-hybridized carbons (Fsp3) is 0.600. The predicted octanol–water partition coefficient (Wildman–Crippen LogP) is 3.15. The fourth-order valence-corrected chi connectivity index (χ4v) is 2.50. The van der Waals surface area contributed by atoms with Gasteiger partial charge in [-0.2, -0.15) is 11.3 Å². The van der Waals surface area contributed by atoms with E-state index in [0.717, 1.165) is 5.56 Å². The molecule has 1 aromatic heterocycles. The monoisotopic (exact) mass is 297 g/mol. The number of thiophene rings is 1. The SMILES string of the molecule is Cc1cscc1C(=O)N[C@@H](C(=O)OC(C)(C)C)C(C)C. The van der Waals surface area contributed by atoms with Crippen molar-refractivity contribution in [1.82, 2.24) is 5.32 Å². The van der Waals surface area contributed by atoms with Gasteiger partial charge in [-0.1, -0.05) is 13.8 Å². The number of esters is 1. The third-order valence-electron chi connectivity index (χ3n) is 2.71. The highest BCUT2D eigenvalue weighted by atomic mass is 32.1. The summed E-state index contributed by atoms with van der Waals surface area (Å²) in [6.45, 7) is 11.1. The Balaban J connectivity index is 2.81. The minimum atomic E-state index is -0.638. The first-order chi connectivity index (χ1) is 9.11. The van der Waals surface area contributed by atoms with Crippen molar-refractivity contribution in [2.24, 2.45) is 5.92 Å². The Hall–Kier alpha value is -1.36. The molecule has 20 heavy (non-hydrogen) atoms. The summed E-state index contributed by atoms with van der Waals surface area (Å²) in [7, 11) is 0. The molecule has 5 heteroatoms. The average Bonchev–Trinajstić information content (AvgIpc) is 2.69. The molecule has 0 aliphatic rings. The van der Waals surface area contributed by atoms with Crippen LogP contribution in [0.3, 0.4) is 0 Å². The maximum absolute atomic E-state index is 12.2. The van der Waals surface area contributed by atoms with Crippen molar-refractivity contribution in [1.29, 1.82) is 0 Å². The van der Waals surface area contributed by atoms with E-state index < -0.39 is 17.6 Å². The average molecular weight is 297 g/mol. The number of rotatable bonds is 4. The summed E-state index contributed by atoms with van der Waals surface area (Å²) in [5, 5.41) is 6.47. The quantitative estimate of drug-likeness (QED) is 0.869. The number of carbonyl (C=O) groups excluding carboxylic acids is 2. The Bertz CT molecular complexity index is 486. The Morgan fingerprint density at radius 2 is 1.85 bits per heavy atom. The Morgan fingerprint density at radius 3 is 2.25 bits per heavy atom. The minimum absolute atomic E-state index is 0.0345. The van der Waals surface area contributed by atoms with Gasteiger partial charge < -0.3 is 10.1 Å². The van der Waals surface area contributed by atoms with E-state index in [9.17, 15) is 9.59 Å². The first-order valence-corrected chi connectivity index (χ1v) is 7.62. The third-order valence-corrected chi connectivity index (χ3v) is 3.58. The molecule has 1 atom stereocenters. The van der Waals surface area contributed by atoms with E-state index in [2.05, 4.69) is 5.32 Å². The van der Waals surface area contributed by atoms with Crippen molar-refractivity contribution in [3.63, 3.8) is 0 Å². The molecule has 0 aromatic carbocycles. The minimum Gasteiger partial charge on any atom is -0.458 e. The van der Waals surface area contributed by atoms with Crippen LogP contribution in [0.2, 0.25) is 0 Å². The van der Waals surface area contributed by atoms with Crippen molar-refractivity contribution in [2.75, 3.05) is 0 Å². The Kier molecular flexibility index (Phi) is 5.34.